The second kappa shape index (κ2) is 6.04. The zero-order chi connectivity index (χ0) is 13.7. The molecule has 19 heavy (non-hydrogen) atoms. The number of benzene rings is 1. The fraction of sp³-hybridized carbons (Fsp3) is 0.286. The van der Waals surface area contributed by atoms with E-state index in [2.05, 4.69) is 11.7 Å². The van der Waals surface area contributed by atoms with Gasteiger partial charge in [-0.3, -0.25) is 4.79 Å². The number of nitrogens with zero attached hydrogens (tertiary/aromatic N) is 1. The van der Waals surface area contributed by atoms with E-state index >= 15 is 0 Å². The Balaban J connectivity index is 2.33. The van der Waals surface area contributed by atoms with Crippen LogP contribution in [-0.2, 0) is 16.0 Å². The van der Waals surface area contributed by atoms with Crippen molar-refractivity contribution in [3.63, 3.8) is 0 Å². The van der Waals surface area contributed by atoms with E-state index in [1.165, 1.54) is 0 Å². The number of carbonyl (C=O) groups excluding carboxylic acids is 1. The zero-order valence-corrected chi connectivity index (χ0v) is 10.7. The van der Waals surface area contributed by atoms with Crippen LogP contribution in [0.1, 0.15) is 12.6 Å². The van der Waals surface area contributed by atoms with Crippen LogP contribution in [0.4, 0.5) is 0 Å². The summed E-state index contributed by atoms with van der Waals surface area (Å²) in [4.78, 5) is 11.5. The van der Waals surface area contributed by atoms with Crippen LogP contribution in [-0.4, -0.2) is 24.3 Å². The van der Waals surface area contributed by atoms with Gasteiger partial charge in [0.1, 0.15) is 18.1 Å². The van der Waals surface area contributed by atoms with Crippen molar-refractivity contribution in [2.24, 2.45) is 0 Å². The van der Waals surface area contributed by atoms with Gasteiger partial charge >= 0.3 is 5.97 Å². The summed E-state index contributed by atoms with van der Waals surface area (Å²) in [5, 5.41) is 4.61. The molecule has 0 spiro atoms. The van der Waals surface area contributed by atoms with Crippen LogP contribution in [0.5, 0.6) is 5.75 Å². The standard InChI is InChI=1S/C14H15NO4/c1-3-8-18-11-6-5-7-12-14(11)10(15-19-12)9-13(16)17-4-2/h3,5-7H,1,4,8-9H2,2H3. The molecule has 1 aromatic carbocycles. The minimum atomic E-state index is -0.337. The van der Waals surface area contributed by atoms with Gasteiger partial charge in [0.2, 0.25) is 0 Å². The Morgan fingerprint density at radius 1 is 1.53 bits per heavy atom. The van der Waals surface area contributed by atoms with Gasteiger partial charge in [0, 0.05) is 0 Å². The Morgan fingerprint density at radius 3 is 3.11 bits per heavy atom. The van der Waals surface area contributed by atoms with E-state index in [4.69, 9.17) is 14.0 Å². The van der Waals surface area contributed by atoms with E-state index < -0.39 is 0 Å². The summed E-state index contributed by atoms with van der Waals surface area (Å²) < 4.78 is 15.6. The average molecular weight is 261 g/mol. The fourth-order valence-corrected chi connectivity index (χ4v) is 1.76. The lowest BCUT2D eigenvalue weighted by Gasteiger charge is -2.05. The molecule has 0 aliphatic rings. The summed E-state index contributed by atoms with van der Waals surface area (Å²) in [5.74, 6) is 0.286. The van der Waals surface area contributed by atoms with Gasteiger partial charge < -0.3 is 14.0 Å². The molecule has 0 atom stereocenters. The number of hydrogen-bond donors (Lipinski definition) is 0. The highest BCUT2D eigenvalue weighted by molar-refractivity contribution is 5.89. The van der Waals surface area contributed by atoms with E-state index in [1.54, 1.807) is 31.2 Å². The van der Waals surface area contributed by atoms with Crippen molar-refractivity contribution >= 4 is 16.9 Å². The molecule has 5 nitrogen and oxygen atoms in total. The van der Waals surface area contributed by atoms with Crippen LogP contribution < -0.4 is 4.74 Å². The molecule has 0 radical (unpaired) electrons. The second-order valence-corrected chi connectivity index (χ2v) is 3.84. The quantitative estimate of drug-likeness (QED) is 0.590. The molecule has 100 valence electrons. The molecule has 1 aromatic heterocycles. The molecule has 0 unspecified atom stereocenters. The zero-order valence-electron chi connectivity index (χ0n) is 10.7. The summed E-state index contributed by atoms with van der Waals surface area (Å²) in [6.07, 6.45) is 1.71. The highest BCUT2D eigenvalue weighted by Gasteiger charge is 2.16. The molecule has 1 heterocycles. The smallest absolute Gasteiger partial charge is 0.312 e. The number of rotatable bonds is 6. The Bertz CT molecular complexity index is 588. The minimum Gasteiger partial charge on any atom is -0.489 e. The third-order valence-electron chi connectivity index (χ3n) is 2.50. The Kier molecular flexibility index (Phi) is 4.18. The van der Waals surface area contributed by atoms with Gasteiger partial charge in [-0.1, -0.05) is 23.9 Å². The highest BCUT2D eigenvalue weighted by Crippen LogP contribution is 2.29. The van der Waals surface area contributed by atoms with E-state index in [9.17, 15) is 4.79 Å². The van der Waals surface area contributed by atoms with Crippen molar-refractivity contribution in [3.8, 4) is 5.75 Å². The van der Waals surface area contributed by atoms with Crippen molar-refractivity contribution < 1.29 is 18.8 Å². The third-order valence-corrected chi connectivity index (χ3v) is 2.50. The van der Waals surface area contributed by atoms with Crippen molar-refractivity contribution in [1.82, 2.24) is 5.16 Å². The summed E-state index contributed by atoms with van der Waals surface area (Å²) in [6.45, 7) is 6.08. The largest absolute Gasteiger partial charge is 0.489 e. The molecule has 2 rings (SSSR count). The number of aromatic nitrogens is 1. The van der Waals surface area contributed by atoms with Crippen LogP contribution in [0, 0.1) is 0 Å². The maximum Gasteiger partial charge on any atom is 0.312 e. The summed E-state index contributed by atoms with van der Waals surface area (Å²) >= 11 is 0. The number of fused-ring (bicyclic) bond motifs is 1. The summed E-state index contributed by atoms with van der Waals surface area (Å²) in [6, 6.07) is 5.38. The lowest BCUT2D eigenvalue weighted by molar-refractivity contribution is -0.142. The molecule has 0 saturated carbocycles. The Hall–Kier alpha value is -2.30. The first kappa shape index (κ1) is 13.1. The molecule has 2 aromatic rings. The summed E-state index contributed by atoms with van der Waals surface area (Å²) in [5.41, 5.74) is 1.11. The SMILES string of the molecule is C=CCOc1cccc2onc(CC(=O)OCC)c12. The monoisotopic (exact) mass is 261 g/mol. The first-order chi connectivity index (χ1) is 9.26. The third kappa shape index (κ3) is 2.93. The highest BCUT2D eigenvalue weighted by atomic mass is 16.5. The molecular formula is C14H15NO4. The molecule has 5 heteroatoms. The van der Waals surface area contributed by atoms with Crippen LogP contribution >= 0.6 is 0 Å². The lowest BCUT2D eigenvalue weighted by atomic mass is 10.1. The van der Waals surface area contributed by atoms with Gasteiger partial charge in [-0.2, -0.15) is 0 Å². The predicted molar refractivity (Wildman–Crippen MR) is 70.0 cm³/mol. The van der Waals surface area contributed by atoms with E-state index in [0.717, 1.165) is 0 Å². The average Bonchev–Trinajstić information content (AvgIpc) is 2.80. The maximum absolute atomic E-state index is 11.5. The van der Waals surface area contributed by atoms with Gasteiger partial charge in [0.15, 0.2) is 5.58 Å². The number of hydrogen-bond acceptors (Lipinski definition) is 5. The van der Waals surface area contributed by atoms with E-state index in [1.807, 2.05) is 0 Å². The van der Waals surface area contributed by atoms with Crippen molar-refractivity contribution in [2.75, 3.05) is 13.2 Å². The first-order valence-corrected chi connectivity index (χ1v) is 6.02. The molecule has 0 N–H and O–H groups in total. The van der Waals surface area contributed by atoms with E-state index in [0.29, 0.717) is 35.6 Å². The van der Waals surface area contributed by atoms with Gasteiger partial charge in [-0.15, -0.1) is 0 Å². The fourth-order valence-electron chi connectivity index (χ4n) is 1.76. The molecule has 0 amide bonds. The normalized spacial score (nSPS) is 10.4. The number of carbonyl (C=O) groups is 1. The molecule has 0 saturated heterocycles. The van der Waals surface area contributed by atoms with Crippen molar-refractivity contribution in [2.45, 2.75) is 13.3 Å². The summed E-state index contributed by atoms with van der Waals surface area (Å²) in [7, 11) is 0. The van der Waals surface area contributed by atoms with Gasteiger partial charge in [-0.25, -0.2) is 0 Å². The van der Waals surface area contributed by atoms with E-state index in [-0.39, 0.29) is 12.4 Å². The van der Waals surface area contributed by atoms with Crippen molar-refractivity contribution in [1.29, 1.82) is 0 Å². The van der Waals surface area contributed by atoms with Gasteiger partial charge in [0.05, 0.1) is 18.4 Å². The van der Waals surface area contributed by atoms with Gasteiger partial charge in [0.25, 0.3) is 0 Å². The van der Waals surface area contributed by atoms with Crippen LogP contribution in [0.25, 0.3) is 11.0 Å². The molecule has 0 fully saturated rings. The maximum atomic E-state index is 11.5. The number of esters is 1. The molecule has 0 aliphatic heterocycles. The molecule has 0 aliphatic carbocycles. The molecule has 0 bridgehead atoms. The lowest BCUT2D eigenvalue weighted by Crippen LogP contribution is -2.08. The van der Waals surface area contributed by atoms with Crippen LogP contribution in [0.15, 0.2) is 35.4 Å². The number of ether oxygens (including phenoxy) is 2. The minimum absolute atomic E-state index is 0.0648. The first-order valence-electron chi connectivity index (χ1n) is 6.02. The van der Waals surface area contributed by atoms with Gasteiger partial charge in [-0.05, 0) is 19.1 Å². The topological polar surface area (TPSA) is 61.6 Å². The predicted octanol–water partition coefficient (Wildman–Crippen LogP) is 2.50. The Morgan fingerprint density at radius 2 is 2.37 bits per heavy atom. The van der Waals surface area contributed by atoms with Crippen LogP contribution in [0.2, 0.25) is 0 Å². The molecular weight excluding hydrogens is 246 g/mol. The second-order valence-electron chi connectivity index (χ2n) is 3.84. The van der Waals surface area contributed by atoms with Crippen molar-refractivity contribution in [3.05, 3.63) is 36.5 Å². The Labute approximate surface area is 110 Å². The van der Waals surface area contributed by atoms with Crippen LogP contribution in [0.3, 0.4) is 0 Å².